The van der Waals surface area contributed by atoms with Gasteiger partial charge in [-0.15, -0.1) is 0 Å². The minimum absolute atomic E-state index is 0.00578. The van der Waals surface area contributed by atoms with E-state index >= 15 is 0 Å². The second kappa shape index (κ2) is 7.03. The molecule has 1 aliphatic heterocycles. The van der Waals surface area contributed by atoms with Crippen LogP contribution in [0.1, 0.15) is 27.5 Å². The molecule has 28 heavy (non-hydrogen) atoms. The Bertz CT molecular complexity index is 1070. The molecular formula is C21H18N4O3. The van der Waals surface area contributed by atoms with Gasteiger partial charge in [-0.2, -0.15) is 5.10 Å². The lowest BCUT2D eigenvalue weighted by atomic mass is 10.0. The first-order chi connectivity index (χ1) is 13.5. The lowest BCUT2D eigenvalue weighted by Gasteiger charge is -2.24. The number of fused-ring (bicyclic) bond motifs is 1. The van der Waals surface area contributed by atoms with Crippen molar-refractivity contribution in [2.45, 2.75) is 13.0 Å². The fraction of sp³-hybridized carbons (Fsp3) is 0.0952. The van der Waals surface area contributed by atoms with Gasteiger partial charge in [0.15, 0.2) is 0 Å². The lowest BCUT2D eigenvalue weighted by Crippen LogP contribution is -2.25. The molecular weight excluding hydrogens is 356 g/mol. The lowest BCUT2D eigenvalue weighted by molar-refractivity contribution is -0.132. The van der Waals surface area contributed by atoms with E-state index in [4.69, 9.17) is 0 Å². The molecule has 0 spiro atoms. The third-order valence-corrected chi connectivity index (χ3v) is 4.56. The zero-order chi connectivity index (χ0) is 19.7. The first-order valence-corrected chi connectivity index (χ1v) is 8.75. The van der Waals surface area contributed by atoms with Crippen LogP contribution in [0.15, 0.2) is 72.6 Å². The van der Waals surface area contributed by atoms with Crippen molar-refractivity contribution < 1.29 is 14.7 Å². The van der Waals surface area contributed by atoms with Crippen LogP contribution in [-0.2, 0) is 4.79 Å². The average molecular weight is 374 g/mol. The Balaban J connectivity index is 1.70. The van der Waals surface area contributed by atoms with E-state index in [1.807, 2.05) is 61.5 Å². The van der Waals surface area contributed by atoms with Gasteiger partial charge in [-0.25, -0.2) is 9.48 Å². The molecule has 0 aliphatic carbocycles. The van der Waals surface area contributed by atoms with Crippen LogP contribution in [0.5, 0.6) is 0 Å². The van der Waals surface area contributed by atoms with Crippen LogP contribution in [0.3, 0.4) is 0 Å². The van der Waals surface area contributed by atoms with E-state index in [1.54, 1.807) is 10.8 Å². The molecule has 3 aromatic rings. The van der Waals surface area contributed by atoms with Crippen molar-refractivity contribution in [3.8, 4) is 0 Å². The second-order valence-corrected chi connectivity index (χ2v) is 6.54. The molecule has 7 nitrogen and oxygen atoms in total. The summed E-state index contributed by atoms with van der Waals surface area (Å²) in [6.07, 6.45) is 3.03. The molecule has 2 heterocycles. The van der Waals surface area contributed by atoms with E-state index in [-0.39, 0.29) is 17.2 Å². The van der Waals surface area contributed by atoms with E-state index in [2.05, 4.69) is 15.7 Å². The van der Waals surface area contributed by atoms with Gasteiger partial charge >= 0.3 is 5.97 Å². The normalized spacial score (nSPS) is 15.2. The zero-order valence-electron chi connectivity index (χ0n) is 15.1. The largest absolute Gasteiger partial charge is 0.477 e. The number of nitrogens with zero attached hydrogens (tertiary/aromatic N) is 2. The summed E-state index contributed by atoms with van der Waals surface area (Å²) in [7, 11) is 0. The van der Waals surface area contributed by atoms with Crippen LogP contribution < -0.4 is 10.6 Å². The number of benzene rings is 2. The van der Waals surface area contributed by atoms with E-state index < -0.39 is 12.0 Å². The molecule has 1 aromatic heterocycles. The Morgan fingerprint density at radius 3 is 2.50 bits per heavy atom. The highest BCUT2D eigenvalue weighted by Crippen LogP contribution is 2.32. The first kappa shape index (κ1) is 17.5. The summed E-state index contributed by atoms with van der Waals surface area (Å²) in [4.78, 5) is 24.4. The molecule has 0 radical (unpaired) electrons. The van der Waals surface area contributed by atoms with E-state index in [0.29, 0.717) is 11.5 Å². The molecule has 140 valence electrons. The summed E-state index contributed by atoms with van der Waals surface area (Å²) in [5.41, 5.74) is 2.89. The van der Waals surface area contributed by atoms with Gasteiger partial charge in [0.2, 0.25) is 0 Å². The van der Waals surface area contributed by atoms with Crippen LogP contribution in [-0.4, -0.2) is 26.8 Å². The molecule has 1 aliphatic rings. The maximum absolute atomic E-state index is 12.8. The van der Waals surface area contributed by atoms with Gasteiger partial charge in [-0.3, -0.25) is 4.79 Å². The summed E-state index contributed by atoms with van der Waals surface area (Å²) >= 11 is 0. The smallest absolute Gasteiger partial charge is 0.352 e. The van der Waals surface area contributed by atoms with Gasteiger partial charge in [0.1, 0.15) is 17.1 Å². The van der Waals surface area contributed by atoms with Crippen LogP contribution in [0, 0.1) is 6.92 Å². The van der Waals surface area contributed by atoms with Crippen molar-refractivity contribution in [1.29, 1.82) is 0 Å². The van der Waals surface area contributed by atoms with Gasteiger partial charge in [-0.1, -0.05) is 48.0 Å². The molecule has 0 fully saturated rings. The van der Waals surface area contributed by atoms with Crippen molar-refractivity contribution >= 4 is 23.4 Å². The number of hydrogen-bond acceptors (Lipinski definition) is 4. The minimum Gasteiger partial charge on any atom is -0.477 e. The average Bonchev–Trinajstić information content (AvgIpc) is 3.14. The Hall–Kier alpha value is -3.87. The van der Waals surface area contributed by atoms with Gasteiger partial charge in [0.25, 0.3) is 5.91 Å². The number of rotatable bonds is 4. The van der Waals surface area contributed by atoms with Gasteiger partial charge in [-0.05, 0) is 30.7 Å². The number of aryl methyl sites for hydroxylation is 1. The Kier molecular flexibility index (Phi) is 4.41. The summed E-state index contributed by atoms with van der Waals surface area (Å²) in [6.45, 7) is 1.97. The Morgan fingerprint density at radius 2 is 1.82 bits per heavy atom. The zero-order valence-corrected chi connectivity index (χ0v) is 15.1. The van der Waals surface area contributed by atoms with Crippen molar-refractivity contribution in [3.05, 3.63) is 89.3 Å². The fourth-order valence-electron chi connectivity index (χ4n) is 3.11. The van der Waals surface area contributed by atoms with Gasteiger partial charge in [0.05, 0.1) is 12.2 Å². The summed E-state index contributed by atoms with van der Waals surface area (Å²) in [5, 5.41) is 19.5. The number of hydrogen-bond donors (Lipinski definition) is 3. The number of carbonyl (C=O) groups is 2. The molecule has 1 unspecified atom stereocenters. The molecule has 0 bridgehead atoms. The predicted molar refractivity (Wildman–Crippen MR) is 105 cm³/mol. The number of anilines is 2. The highest BCUT2D eigenvalue weighted by molar-refractivity contribution is 6.08. The highest BCUT2D eigenvalue weighted by atomic mass is 16.4. The highest BCUT2D eigenvalue weighted by Gasteiger charge is 2.29. The van der Waals surface area contributed by atoms with E-state index in [9.17, 15) is 14.7 Å². The summed E-state index contributed by atoms with van der Waals surface area (Å²) in [6, 6.07) is 16.4. The number of carbonyl (C=O) groups excluding carboxylic acids is 1. The van der Waals surface area contributed by atoms with Crippen LogP contribution in [0.25, 0.3) is 0 Å². The predicted octanol–water partition coefficient (Wildman–Crippen LogP) is 3.43. The summed E-state index contributed by atoms with van der Waals surface area (Å²) < 4.78 is 1.62. The molecule has 0 saturated heterocycles. The fourth-order valence-corrected chi connectivity index (χ4v) is 3.11. The van der Waals surface area contributed by atoms with Gasteiger partial charge < -0.3 is 15.7 Å². The summed E-state index contributed by atoms with van der Waals surface area (Å²) in [5.74, 6) is -1.12. The molecule has 2 aromatic carbocycles. The number of aromatic nitrogens is 2. The van der Waals surface area contributed by atoms with Crippen LogP contribution in [0.2, 0.25) is 0 Å². The Labute approximate surface area is 161 Å². The maximum Gasteiger partial charge on any atom is 0.352 e. The van der Waals surface area contributed by atoms with Gasteiger partial charge in [0, 0.05) is 5.69 Å². The number of nitrogens with one attached hydrogen (secondary N) is 2. The van der Waals surface area contributed by atoms with Crippen molar-refractivity contribution in [2.75, 3.05) is 10.6 Å². The number of aliphatic carboxylic acids is 1. The SMILES string of the molecule is Cc1ccc(NC(=O)c2cnn3c2NC(C(=O)O)=CC3c2ccccc2)cc1. The van der Waals surface area contributed by atoms with Crippen molar-refractivity contribution in [2.24, 2.45) is 0 Å². The van der Waals surface area contributed by atoms with Crippen LogP contribution >= 0.6 is 0 Å². The molecule has 4 rings (SSSR count). The van der Waals surface area contributed by atoms with Crippen LogP contribution in [0.4, 0.5) is 11.5 Å². The third-order valence-electron chi connectivity index (χ3n) is 4.56. The maximum atomic E-state index is 12.8. The topological polar surface area (TPSA) is 96.3 Å². The van der Waals surface area contributed by atoms with E-state index in [0.717, 1.165) is 11.1 Å². The minimum atomic E-state index is -1.10. The monoisotopic (exact) mass is 374 g/mol. The molecule has 3 N–H and O–H groups in total. The number of carboxylic acids is 1. The van der Waals surface area contributed by atoms with Crippen molar-refractivity contribution in [1.82, 2.24) is 9.78 Å². The molecule has 7 heteroatoms. The number of allylic oxidation sites excluding steroid dienone is 1. The van der Waals surface area contributed by atoms with Crippen molar-refractivity contribution in [3.63, 3.8) is 0 Å². The number of carboxylic acid groups (broad SMARTS) is 1. The molecule has 0 saturated carbocycles. The first-order valence-electron chi connectivity index (χ1n) is 8.75. The quantitative estimate of drug-likeness (QED) is 0.650. The number of amides is 1. The molecule has 1 atom stereocenters. The van der Waals surface area contributed by atoms with E-state index in [1.165, 1.54) is 6.20 Å². The third kappa shape index (κ3) is 3.25. The second-order valence-electron chi connectivity index (χ2n) is 6.54. The standard InChI is InChI=1S/C21H18N4O3/c1-13-7-9-15(10-8-13)23-20(26)16-12-22-25-18(14-5-3-2-4-6-14)11-17(21(27)28)24-19(16)25/h2-12,18,24H,1H3,(H,23,26)(H,27,28). The Morgan fingerprint density at radius 1 is 1.11 bits per heavy atom. The molecule has 1 amide bonds.